The van der Waals surface area contributed by atoms with Gasteiger partial charge in [0.1, 0.15) is 6.04 Å². The molecule has 2 aliphatic rings. The standard InChI is InChI=1S/C13H23N3O3/c1-10(15-8-6-14(2)7-9-15)12(17)16-5-3-4-11(16)13(18)19/h10-11H,3-9H2,1-2H3,(H,18,19). The maximum Gasteiger partial charge on any atom is 0.326 e. The van der Waals surface area contributed by atoms with E-state index < -0.39 is 12.0 Å². The van der Waals surface area contributed by atoms with Gasteiger partial charge < -0.3 is 14.9 Å². The summed E-state index contributed by atoms with van der Waals surface area (Å²) in [5.41, 5.74) is 0. The predicted octanol–water partition coefficient (Wildman–Crippen LogP) is -0.302. The molecule has 0 bridgehead atoms. The van der Waals surface area contributed by atoms with Crippen molar-refractivity contribution in [2.45, 2.75) is 31.8 Å². The van der Waals surface area contributed by atoms with Gasteiger partial charge >= 0.3 is 5.97 Å². The highest BCUT2D eigenvalue weighted by molar-refractivity contribution is 5.87. The molecule has 2 atom stereocenters. The molecular weight excluding hydrogens is 246 g/mol. The molecule has 1 amide bonds. The van der Waals surface area contributed by atoms with Crippen molar-refractivity contribution in [2.24, 2.45) is 0 Å². The number of likely N-dealkylation sites (N-methyl/N-ethyl adjacent to an activating group) is 1. The lowest BCUT2D eigenvalue weighted by Gasteiger charge is -2.37. The van der Waals surface area contributed by atoms with Crippen molar-refractivity contribution < 1.29 is 14.7 Å². The van der Waals surface area contributed by atoms with E-state index in [2.05, 4.69) is 16.8 Å². The number of carbonyl (C=O) groups is 2. The molecule has 2 aliphatic heterocycles. The number of hydrogen-bond donors (Lipinski definition) is 1. The zero-order valence-corrected chi connectivity index (χ0v) is 11.7. The Hall–Kier alpha value is -1.14. The summed E-state index contributed by atoms with van der Waals surface area (Å²) in [5, 5.41) is 9.15. The normalized spacial score (nSPS) is 27.5. The molecule has 19 heavy (non-hydrogen) atoms. The number of carbonyl (C=O) groups excluding carboxylic acids is 1. The van der Waals surface area contributed by atoms with Crippen LogP contribution >= 0.6 is 0 Å². The number of carboxylic acids is 1. The van der Waals surface area contributed by atoms with E-state index in [0.29, 0.717) is 13.0 Å². The summed E-state index contributed by atoms with van der Waals surface area (Å²) in [5.74, 6) is -0.911. The van der Waals surface area contributed by atoms with Crippen molar-refractivity contribution in [1.29, 1.82) is 0 Å². The molecule has 0 radical (unpaired) electrons. The van der Waals surface area contributed by atoms with Crippen LogP contribution in [-0.2, 0) is 9.59 Å². The van der Waals surface area contributed by atoms with Gasteiger partial charge in [-0.1, -0.05) is 0 Å². The van der Waals surface area contributed by atoms with Crippen LogP contribution in [0.1, 0.15) is 19.8 Å². The molecule has 1 N–H and O–H groups in total. The molecule has 0 aliphatic carbocycles. The molecule has 6 nitrogen and oxygen atoms in total. The maximum atomic E-state index is 12.4. The van der Waals surface area contributed by atoms with Gasteiger partial charge in [-0.25, -0.2) is 4.79 Å². The molecule has 2 saturated heterocycles. The highest BCUT2D eigenvalue weighted by Crippen LogP contribution is 2.20. The number of aliphatic carboxylic acids is 1. The molecule has 108 valence electrons. The van der Waals surface area contributed by atoms with Gasteiger partial charge in [0, 0.05) is 32.7 Å². The fraction of sp³-hybridized carbons (Fsp3) is 0.846. The maximum absolute atomic E-state index is 12.4. The summed E-state index contributed by atoms with van der Waals surface area (Å²) in [4.78, 5) is 29.5. The van der Waals surface area contributed by atoms with Crippen LogP contribution in [0, 0.1) is 0 Å². The van der Waals surface area contributed by atoms with E-state index in [1.54, 1.807) is 4.90 Å². The quantitative estimate of drug-likeness (QED) is 0.762. The van der Waals surface area contributed by atoms with Crippen molar-refractivity contribution in [3.63, 3.8) is 0 Å². The SMILES string of the molecule is CC(C(=O)N1CCCC1C(=O)O)N1CCN(C)CC1. The minimum absolute atomic E-state index is 0.0329. The lowest BCUT2D eigenvalue weighted by atomic mass is 10.1. The van der Waals surface area contributed by atoms with Gasteiger partial charge in [-0.15, -0.1) is 0 Å². The zero-order chi connectivity index (χ0) is 14.0. The van der Waals surface area contributed by atoms with Crippen LogP contribution in [0.2, 0.25) is 0 Å². The van der Waals surface area contributed by atoms with Crippen LogP contribution in [0.3, 0.4) is 0 Å². The number of likely N-dealkylation sites (tertiary alicyclic amines) is 1. The Balaban J connectivity index is 1.96. The third-order valence-corrected chi connectivity index (χ3v) is 4.26. The van der Waals surface area contributed by atoms with Crippen LogP contribution < -0.4 is 0 Å². The smallest absolute Gasteiger partial charge is 0.326 e. The Labute approximate surface area is 114 Å². The van der Waals surface area contributed by atoms with Gasteiger partial charge in [0.25, 0.3) is 0 Å². The second-order valence-electron chi connectivity index (χ2n) is 5.54. The van der Waals surface area contributed by atoms with Crippen LogP contribution in [-0.4, -0.2) is 83.5 Å². The summed E-state index contributed by atoms with van der Waals surface area (Å²) in [6.07, 6.45) is 1.37. The summed E-state index contributed by atoms with van der Waals surface area (Å²) in [7, 11) is 2.07. The second kappa shape index (κ2) is 5.88. The number of rotatable bonds is 3. The van der Waals surface area contributed by atoms with E-state index in [1.807, 2.05) is 6.92 Å². The third kappa shape index (κ3) is 3.06. The Morgan fingerprint density at radius 2 is 1.79 bits per heavy atom. The average Bonchev–Trinajstić information content (AvgIpc) is 2.87. The van der Waals surface area contributed by atoms with E-state index in [4.69, 9.17) is 5.11 Å². The highest BCUT2D eigenvalue weighted by Gasteiger charge is 2.37. The van der Waals surface area contributed by atoms with Crippen LogP contribution in [0.5, 0.6) is 0 Å². The van der Waals surface area contributed by atoms with E-state index in [0.717, 1.165) is 32.6 Å². The van der Waals surface area contributed by atoms with Crippen LogP contribution in [0.4, 0.5) is 0 Å². The minimum Gasteiger partial charge on any atom is -0.480 e. The number of hydrogen-bond acceptors (Lipinski definition) is 4. The summed E-state index contributed by atoms with van der Waals surface area (Å²) in [6, 6.07) is -0.837. The number of piperazine rings is 1. The van der Waals surface area contributed by atoms with Gasteiger partial charge in [-0.05, 0) is 26.8 Å². The van der Waals surface area contributed by atoms with Gasteiger partial charge in [0.15, 0.2) is 0 Å². The molecule has 0 aromatic rings. The topological polar surface area (TPSA) is 64.1 Å². The van der Waals surface area contributed by atoms with E-state index in [9.17, 15) is 9.59 Å². The Morgan fingerprint density at radius 1 is 1.16 bits per heavy atom. The first-order chi connectivity index (χ1) is 9.00. The summed E-state index contributed by atoms with van der Waals surface area (Å²) < 4.78 is 0. The van der Waals surface area contributed by atoms with E-state index in [-0.39, 0.29) is 11.9 Å². The third-order valence-electron chi connectivity index (χ3n) is 4.26. The summed E-state index contributed by atoms with van der Waals surface area (Å²) in [6.45, 7) is 6.13. The van der Waals surface area contributed by atoms with Gasteiger partial charge in [0.2, 0.25) is 5.91 Å². The lowest BCUT2D eigenvalue weighted by Crippen LogP contribution is -2.55. The molecule has 0 aromatic carbocycles. The first-order valence-electron chi connectivity index (χ1n) is 6.96. The van der Waals surface area contributed by atoms with Crippen LogP contribution in [0.15, 0.2) is 0 Å². The van der Waals surface area contributed by atoms with Gasteiger partial charge in [-0.3, -0.25) is 9.69 Å². The van der Waals surface area contributed by atoms with Crippen molar-refractivity contribution >= 4 is 11.9 Å². The largest absolute Gasteiger partial charge is 0.480 e. The van der Waals surface area contributed by atoms with Crippen molar-refractivity contribution in [1.82, 2.24) is 14.7 Å². The Kier molecular flexibility index (Phi) is 4.42. The van der Waals surface area contributed by atoms with Gasteiger partial charge in [-0.2, -0.15) is 0 Å². The van der Waals surface area contributed by atoms with Crippen LogP contribution in [0.25, 0.3) is 0 Å². The van der Waals surface area contributed by atoms with Crippen molar-refractivity contribution in [3.05, 3.63) is 0 Å². The molecular formula is C13H23N3O3. The van der Waals surface area contributed by atoms with Gasteiger partial charge in [0.05, 0.1) is 6.04 Å². The number of nitrogens with zero attached hydrogens (tertiary/aromatic N) is 3. The second-order valence-corrected chi connectivity index (χ2v) is 5.54. The Morgan fingerprint density at radius 3 is 2.37 bits per heavy atom. The summed E-state index contributed by atoms with van der Waals surface area (Å²) >= 11 is 0. The highest BCUT2D eigenvalue weighted by atomic mass is 16.4. The molecule has 2 rings (SSSR count). The van der Waals surface area contributed by atoms with E-state index in [1.165, 1.54) is 0 Å². The first-order valence-corrected chi connectivity index (χ1v) is 6.96. The molecule has 2 unspecified atom stereocenters. The molecule has 2 heterocycles. The first kappa shape index (κ1) is 14.3. The fourth-order valence-corrected chi connectivity index (χ4v) is 2.89. The zero-order valence-electron chi connectivity index (χ0n) is 11.7. The fourth-order valence-electron chi connectivity index (χ4n) is 2.89. The molecule has 0 saturated carbocycles. The minimum atomic E-state index is -0.878. The molecule has 0 aromatic heterocycles. The lowest BCUT2D eigenvalue weighted by molar-refractivity contribution is -0.150. The Bertz CT molecular complexity index is 353. The average molecular weight is 269 g/mol. The number of amides is 1. The van der Waals surface area contributed by atoms with E-state index >= 15 is 0 Å². The molecule has 6 heteroatoms. The molecule has 2 fully saturated rings. The van der Waals surface area contributed by atoms with Crippen molar-refractivity contribution in [2.75, 3.05) is 39.8 Å². The molecule has 0 spiro atoms. The predicted molar refractivity (Wildman–Crippen MR) is 70.9 cm³/mol. The number of carboxylic acid groups (broad SMARTS) is 1. The van der Waals surface area contributed by atoms with Crippen molar-refractivity contribution in [3.8, 4) is 0 Å². The monoisotopic (exact) mass is 269 g/mol.